The molecule has 0 bridgehead atoms. The maximum absolute atomic E-state index is 13.8. The molecule has 2 N–H and O–H groups in total. The van der Waals surface area contributed by atoms with Gasteiger partial charge < -0.3 is 10.6 Å². The zero-order valence-electron chi connectivity index (χ0n) is 13.8. The lowest BCUT2D eigenvalue weighted by Crippen LogP contribution is -2.54. The molecular formula is C18H24FN3O2. The van der Waals surface area contributed by atoms with Crippen LogP contribution in [0, 0.1) is 5.82 Å². The molecule has 0 radical (unpaired) electrons. The predicted molar refractivity (Wildman–Crippen MR) is 88.6 cm³/mol. The summed E-state index contributed by atoms with van der Waals surface area (Å²) in [5, 5.41) is 5.80. The van der Waals surface area contributed by atoms with Crippen LogP contribution in [0.15, 0.2) is 24.3 Å². The minimum absolute atomic E-state index is 0.0498. The van der Waals surface area contributed by atoms with E-state index < -0.39 is 6.04 Å². The lowest BCUT2D eigenvalue weighted by Gasteiger charge is -2.34. The van der Waals surface area contributed by atoms with Gasteiger partial charge in [-0.1, -0.05) is 18.2 Å². The van der Waals surface area contributed by atoms with Crippen LogP contribution in [-0.4, -0.2) is 41.9 Å². The van der Waals surface area contributed by atoms with Crippen molar-refractivity contribution in [3.8, 4) is 0 Å². The summed E-state index contributed by atoms with van der Waals surface area (Å²) in [5.41, 5.74) is 0.684. The number of hydrogen-bond donors (Lipinski definition) is 2. The van der Waals surface area contributed by atoms with Crippen molar-refractivity contribution in [3.05, 3.63) is 35.6 Å². The molecule has 5 nitrogen and oxygen atoms in total. The van der Waals surface area contributed by atoms with E-state index in [0.29, 0.717) is 31.5 Å². The summed E-state index contributed by atoms with van der Waals surface area (Å²) in [6.45, 7) is 2.17. The van der Waals surface area contributed by atoms with E-state index in [1.54, 1.807) is 12.1 Å². The van der Waals surface area contributed by atoms with Crippen molar-refractivity contribution in [3.63, 3.8) is 0 Å². The second-order valence-electron chi connectivity index (χ2n) is 6.69. The van der Waals surface area contributed by atoms with Crippen LogP contribution in [0.3, 0.4) is 0 Å². The summed E-state index contributed by atoms with van der Waals surface area (Å²) >= 11 is 0. The molecule has 2 saturated heterocycles. The molecule has 0 aromatic heterocycles. The maximum atomic E-state index is 13.8. The summed E-state index contributed by atoms with van der Waals surface area (Å²) in [5.74, 6) is -0.333. The first kappa shape index (κ1) is 16.9. The van der Waals surface area contributed by atoms with E-state index in [2.05, 4.69) is 15.5 Å². The lowest BCUT2D eigenvalue weighted by atomic mass is 10.0. The molecule has 2 amide bonds. The van der Waals surface area contributed by atoms with E-state index in [9.17, 15) is 14.0 Å². The van der Waals surface area contributed by atoms with Gasteiger partial charge in [-0.2, -0.15) is 0 Å². The molecule has 24 heavy (non-hydrogen) atoms. The van der Waals surface area contributed by atoms with Crippen LogP contribution in [0.4, 0.5) is 4.39 Å². The van der Waals surface area contributed by atoms with Gasteiger partial charge in [-0.3, -0.25) is 14.5 Å². The quantitative estimate of drug-likeness (QED) is 0.879. The SMILES string of the molecule is O=C1CCC[C@H](C(=O)N[C@@H]2CCCN(Cc3ccccc3F)C2)N1. The van der Waals surface area contributed by atoms with Crippen molar-refractivity contribution < 1.29 is 14.0 Å². The summed E-state index contributed by atoms with van der Waals surface area (Å²) < 4.78 is 13.8. The molecule has 0 saturated carbocycles. The number of rotatable bonds is 4. The number of halogens is 1. The Kier molecular flexibility index (Phi) is 5.45. The molecular weight excluding hydrogens is 309 g/mol. The number of likely N-dealkylation sites (tertiary alicyclic amines) is 1. The Morgan fingerprint density at radius 1 is 1.29 bits per heavy atom. The normalized spacial score (nSPS) is 25.1. The fourth-order valence-corrected chi connectivity index (χ4v) is 3.49. The van der Waals surface area contributed by atoms with Gasteiger partial charge in [0.25, 0.3) is 0 Å². The van der Waals surface area contributed by atoms with Crippen LogP contribution in [0.1, 0.15) is 37.7 Å². The molecule has 0 spiro atoms. The molecule has 1 aromatic carbocycles. The monoisotopic (exact) mass is 333 g/mol. The molecule has 2 aliphatic rings. The number of piperidine rings is 2. The highest BCUT2D eigenvalue weighted by Crippen LogP contribution is 2.16. The van der Waals surface area contributed by atoms with E-state index in [1.807, 2.05) is 6.07 Å². The molecule has 2 atom stereocenters. The van der Waals surface area contributed by atoms with Crippen molar-refractivity contribution >= 4 is 11.8 Å². The Balaban J connectivity index is 1.53. The van der Waals surface area contributed by atoms with Gasteiger partial charge in [0.2, 0.25) is 11.8 Å². The second kappa shape index (κ2) is 7.75. The van der Waals surface area contributed by atoms with Crippen molar-refractivity contribution in [1.82, 2.24) is 15.5 Å². The first-order chi connectivity index (χ1) is 11.6. The van der Waals surface area contributed by atoms with Crippen molar-refractivity contribution in [2.24, 2.45) is 0 Å². The highest BCUT2D eigenvalue weighted by atomic mass is 19.1. The van der Waals surface area contributed by atoms with Crippen LogP contribution in [0.25, 0.3) is 0 Å². The van der Waals surface area contributed by atoms with Gasteiger partial charge in [0.15, 0.2) is 0 Å². The minimum Gasteiger partial charge on any atom is -0.350 e. The van der Waals surface area contributed by atoms with Crippen LogP contribution < -0.4 is 10.6 Å². The van der Waals surface area contributed by atoms with Crippen LogP contribution in [0.2, 0.25) is 0 Å². The number of nitrogens with zero attached hydrogens (tertiary/aromatic N) is 1. The molecule has 2 fully saturated rings. The van der Waals surface area contributed by atoms with Gasteiger partial charge in [-0.15, -0.1) is 0 Å². The van der Waals surface area contributed by atoms with E-state index in [1.165, 1.54) is 6.07 Å². The Morgan fingerprint density at radius 3 is 2.92 bits per heavy atom. The highest BCUT2D eigenvalue weighted by molar-refractivity contribution is 5.88. The molecule has 6 heteroatoms. The number of carbonyl (C=O) groups is 2. The largest absolute Gasteiger partial charge is 0.350 e. The minimum atomic E-state index is -0.409. The van der Waals surface area contributed by atoms with Crippen molar-refractivity contribution in [2.45, 2.75) is 50.7 Å². The summed E-state index contributed by atoms with van der Waals surface area (Å²) in [6.07, 6.45) is 3.84. The first-order valence-electron chi connectivity index (χ1n) is 8.67. The van der Waals surface area contributed by atoms with Crippen molar-refractivity contribution in [2.75, 3.05) is 13.1 Å². The van der Waals surface area contributed by atoms with E-state index in [0.717, 1.165) is 25.8 Å². The standard InChI is InChI=1S/C18H24FN3O2/c19-15-7-2-1-5-13(15)11-22-10-4-6-14(12-22)20-18(24)16-8-3-9-17(23)21-16/h1-2,5,7,14,16H,3-4,6,8-12H2,(H,20,24)(H,21,23)/t14-,16-/m1/s1. The number of benzene rings is 1. The maximum Gasteiger partial charge on any atom is 0.242 e. The third-order valence-corrected chi connectivity index (χ3v) is 4.75. The Labute approximate surface area is 141 Å². The molecule has 2 heterocycles. The molecule has 2 aliphatic heterocycles. The smallest absolute Gasteiger partial charge is 0.242 e. The fourth-order valence-electron chi connectivity index (χ4n) is 3.49. The van der Waals surface area contributed by atoms with Gasteiger partial charge in [-0.05, 0) is 38.3 Å². The Hall–Kier alpha value is -1.95. The number of amides is 2. The Morgan fingerprint density at radius 2 is 2.12 bits per heavy atom. The molecule has 0 aliphatic carbocycles. The highest BCUT2D eigenvalue weighted by Gasteiger charge is 2.28. The van der Waals surface area contributed by atoms with E-state index in [4.69, 9.17) is 0 Å². The van der Waals surface area contributed by atoms with Gasteiger partial charge in [-0.25, -0.2) is 4.39 Å². The molecule has 130 valence electrons. The van der Waals surface area contributed by atoms with Crippen molar-refractivity contribution in [1.29, 1.82) is 0 Å². The van der Waals surface area contributed by atoms with Gasteiger partial charge >= 0.3 is 0 Å². The summed E-state index contributed by atoms with van der Waals surface area (Å²) in [4.78, 5) is 25.9. The van der Waals surface area contributed by atoms with Gasteiger partial charge in [0.05, 0.1) is 0 Å². The number of hydrogen-bond acceptors (Lipinski definition) is 3. The second-order valence-corrected chi connectivity index (χ2v) is 6.69. The van der Waals surface area contributed by atoms with Crippen LogP contribution in [0.5, 0.6) is 0 Å². The zero-order valence-corrected chi connectivity index (χ0v) is 13.8. The number of nitrogens with one attached hydrogen (secondary N) is 2. The molecule has 3 rings (SSSR count). The predicted octanol–water partition coefficient (Wildman–Crippen LogP) is 1.57. The zero-order chi connectivity index (χ0) is 16.9. The van der Waals surface area contributed by atoms with E-state index in [-0.39, 0.29) is 23.7 Å². The number of carbonyl (C=O) groups excluding carboxylic acids is 2. The fraction of sp³-hybridized carbons (Fsp3) is 0.556. The average molecular weight is 333 g/mol. The third kappa shape index (κ3) is 4.32. The Bertz CT molecular complexity index is 608. The van der Waals surface area contributed by atoms with Crippen LogP contribution >= 0.6 is 0 Å². The average Bonchev–Trinajstić information content (AvgIpc) is 2.57. The first-order valence-corrected chi connectivity index (χ1v) is 8.67. The molecule has 0 unspecified atom stereocenters. The van der Waals surface area contributed by atoms with E-state index >= 15 is 0 Å². The van der Waals surface area contributed by atoms with Crippen LogP contribution in [-0.2, 0) is 16.1 Å². The van der Waals surface area contributed by atoms with Gasteiger partial charge in [0, 0.05) is 31.1 Å². The van der Waals surface area contributed by atoms with Gasteiger partial charge in [0.1, 0.15) is 11.9 Å². The lowest BCUT2D eigenvalue weighted by molar-refractivity contribution is -0.131. The summed E-state index contributed by atoms with van der Waals surface area (Å²) in [7, 11) is 0. The summed E-state index contributed by atoms with van der Waals surface area (Å²) in [6, 6.07) is 6.45. The molecule has 1 aromatic rings. The third-order valence-electron chi connectivity index (χ3n) is 4.75. The topological polar surface area (TPSA) is 61.4 Å².